The fraction of sp³-hybridized carbons (Fsp3) is 0.571. The number of methoxy groups -OCH3 is 1. The third-order valence-electron chi connectivity index (χ3n) is 1.88. The lowest BCUT2D eigenvalue weighted by Gasteiger charge is -2.00. The van der Waals surface area contributed by atoms with Gasteiger partial charge in [0.15, 0.2) is 0 Å². The lowest BCUT2D eigenvalue weighted by molar-refractivity contribution is 0.0580. The Bertz CT molecular complexity index is 303. The van der Waals surface area contributed by atoms with E-state index in [1.165, 1.54) is 7.11 Å². The van der Waals surface area contributed by atoms with E-state index in [2.05, 4.69) is 14.9 Å². The van der Waals surface area contributed by atoms with Gasteiger partial charge in [-0.25, -0.2) is 4.79 Å². The monoisotopic (exact) mass is 167 g/mol. The van der Waals surface area contributed by atoms with Gasteiger partial charge in [-0.15, -0.1) is 10.2 Å². The number of aromatic nitrogens is 3. The summed E-state index contributed by atoms with van der Waals surface area (Å²) in [6, 6.07) is 0.411. The third-order valence-corrected chi connectivity index (χ3v) is 1.88. The molecule has 1 heterocycles. The molecular formula is C7H9N3O2. The van der Waals surface area contributed by atoms with Gasteiger partial charge < -0.3 is 9.30 Å². The van der Waals surface area contributed by atoms with Crippen LogP contribution in [0.3, 0.4) is 0 Å². The van der Waals surface area contributed by atoms with Crippen molar-refractivity contribution in [2.24, 2.45) is 0 Å². The molecule has 1 aromatic heterocycles. The van der Waals surface area contributed by atoms with Crippen LogP contribution in [0.25, 0.3) is 0 Å². The summed E-state index contributed by atoms with van der Waals surface area (Å²) in [5, 5.41) is 7.35. The minimum atomic E-state index is -0.417. The number of rotatable bonds is 2. The summed E-state index contributed by atoms with van der Waals surface area (Å²) >= 11 is 0. The van der Waals surface area contributed by atoms with Gasteiger partial charge in [0.1, 0.15) is 6.33 Å². The lowest BCUT2D eigenvalue weighted by Crippen LogP contribution is -2.10. The van der Waals surface area contributed by atoms with Crippen LogP contribution in [0.1, 0.15) is 29.5 Å². The molecule has 5 heteroatoms. The molecule has 0 N–H and O–H groups in total. The first kappa shape index (κ1) is 7.27. The second-order valence-electron chi connectivity index (χ2n) is 2.78. The molecular weight excluding hydrogens is 158 g/mol. The molecule has 0 spiro atoms. The molecule has 1 aromatic rings. The van der Waals surface area contributed by atoms with Gasteiger partial charge >= 0.3 is 5.97 Å². The number of esters is 1. The summed E-state index contributed by atoms with van der Waals surface area (Å²) < 4.78 is 6.32. The summed E-state index contributed by atoms with van der Waals surface area (Å²) in [5.74, 6) is -0.112. The average Bonchev–Trinajstić information content (AvgIpc) is 2.83. The van der Waals surface area contributed by atoms with Crippen LogP contribution >= 0.6 is 0 Å². The van der Waals surface area contributed by atoms with Crippen molar-refractivity contribution in [3.8, 4) is 0 Å². The maximum absolute atomic E-state index is 11.1. The van der Waals surface area contributed by atoms with Crippen molar-refractivity contribution in [2.75, 3.05) is 7.11 Å². The van der Waals surface area contributed by atoms with Crippen LogP contribution in [0.5, 0.6) is 0 Å². The van der Waals surface area contributed by atoms with Crippen molar-refractivity contribution in [1.29, 1.82) is 0 Å². The summed E-state index contributed by atoms with van der Waals surface area (Å²) in [7, 11) is 1.34. The van der Waals surface area contributed by atoms with E-state index in [-0.39, 0.29) is 0 Å². The summed E-state index contributed by atoms with van der Waals surface area (Å²) in [6.45, 7) is 0. The van der Waals surface area contributed by atoms with Crippen molar-refractivity contribution in [1.82, 2.24) is 14.8 Å². The predicted molar refractivity (Wildman–Crippen MR) is 39.6 cm³/mol. The van der Waals surface area contributed by atoms with Crippen molar-refractivity contribution < 1.29 is 9.53 Å². The van der Waals surface area contributed by atoms with Crippen LogP contribution < -0.4 is 0 Å². The van der Waals surface area contributed by atoms with Gasteiger partial charge in [-0.05, 0) is 12.8 Å². The van der Waals surface area contributed by atoms with Gasteiger partial charge in [-0.3, -0.25) is 0 Å². The number of carbonyl (C=O) groups excluding carboxylic acids is 1. The number of carbonyl (C=O) groups is 1. The predicted octanol–water partition coefficient (Wildman–Crippen LogP) is 0.400. The first-order valence-electron chi connectivity index (χ1n) is 3.80. The fourth-order valence-electron chi connectivity index (χ4n) is 1.10. The topological polar surface area (TPSA) is 57.0 Å². The maximum Gasteiger partial charge on any atom is 0.376 e. The van der Waals surface area contributed by atoms with E-state index in [0.717, 1.165) is 12.8 Å². The maximum atomic E-state index is 11.1. The highest BCUT2D eigenvalue weighted by Gasteiger charge is 2.28. The largest absolute Gasteiger partial charge is 0.463 e. The van der Waals surface area contributed by atoms with Crippen LogP contribution in [0, 0.1) is 0 Å². The molecule has 0 aromatic carbocycles. The van der Waals surface area contributed by atoms with Crippen molar-refractivity contribution in [2.45, 2.75) is 18.9 Å². The molecule has 2 rings (SSSR count). The van der Waals surface area contributed by atoms with Crippen LogP contribution in [-0.4, -0.2) is 27.8 Å². The minimum Gasteiger partial charge on any atom is -0.463 e. The molecule has 1 saturated carbocycles. The quantitative estimate of drug-likeness (QED) is 0.598. The molecule has 0 aliphatic heterocycles. The Labute approximate surface area is 69.4 Å². The fourth-order valence-corrected chi connectivity index (χ4v) is 1.10. The van der Waals surface area contributed by atoms with Gasteiger partial charge in [0.05, 0.1) is 7.11 Å². The molecule has 1 fully saturated rings. The number of hydrogen-bond acceptors (Lipinski definition) is 4. The molecule has 5 nitrogen and oxygen atoms in total. The van der Waals surface area contributed by atoms with Gasteiger partial charge in [-0.1, -0.05) is 0 Å². The van der Waals surface area contributed by atoms with Crippen LogP contribution in [0.4, 0.5) is 0 Å². The van der Waals surface area contributed by atoms with Crippen LogP contribution in [0.15, 0.2) is 6.33 Å². The minimum absolute atomic E-state index is 0.306. The highest BCUT2D eigenvalue weighted by Crippen LogP contribution is 2.35. The van der Waals surface area contributed by atoms with E-state index in [0.29, 0.717) is 11.9 Å². The number of hydrogen-bond donors (Lipinski definition) is 0. The molecule has 64 valence electrons. The molecule has 0 radical (unpaired) electrons. The zero-order chi connectivity index (χ0) is 8.55. The Balaban J connectivity index is 2.29. The van der Waals surface area contributed by atoms with E-state index < -0.39 is 5.97 Å². The van der Waals surface area contributed by atoms with Crippen LogP contribution in [0.2, 0.25) is 0 Å². The van der Waals surface area contributed by atoms with Gasteiger partial charge in [0.25, 0.3) is 0 Å². The Morgan fingerprint density at radius 2 is 2.50 bits per heavy atom. The molecule has 0 unspecified atom stereocenters. The summed E-state index contributed by atoms with van der Waals surface area (Å²) in [4.78, 5) is 11.1. The van der Waals surface area contributed by atoms with E-state index in [1.54, 1.807) is 10.9 Å². The van der Waals surface area contributed by atoms with Crippen molar-refractivity contribution in [3.63, 3.8) is 0 Å². The summed E-state index contributed by atoms with van der Waals surface area (Å²) in [6.07, 6.45) is 3.77. The highest BCUT2D eigenvalue weighted by atomic mass is 16.5. The Hall–Kier alpha value is -1.39. The standard InChI is InChI=1S/C7H9N3O2/c1-12-7(11)6-9-8-4-10(6)5-2-3-5/h4-5H,2-3H2,1H3. The summed E-state index contributed by atoms with van der Waals surface area (Å²) in [5.41, 5.74) is 0. The van der Waals surface area contributed by atoms with E-state index >= 15 is 0 Å². The average molecular weight is 167 g/mol. The molecule has 1 aliphatic carbocycles. The van der Waals surface area contributed by atoms with Crippen LogP contribution in [-0.2, 0) is 4.74 Å². The normalized spacial score (nSPS) is 16.1. The smallest absolute Gasteiger partial charge is 0.376 e. The first-order chi connectivity index (χ1) is 5.83. The lowest BCUT2D eigenvalue weighted by atomic mass is 10.5. The second kappa shape index (κ2) is 2.58. The Morgan fingerprint density at radius 1 is 1.75 bits per heavy atom. The van der Waals surface area contributed by atoms with E-state index in [4.69, 9.17) is 0 Å². The Morgan fingerprint density at radius 3 is 3.08 bits per heavy atom. The van der Waals surface area contributed by atoms with Crippen molar-refractivity contribution in [3.05, 3.63) is 12.2 Å². The zero-order valence-electron chi connectivity index (χ0n) is 6.73. The SMILES string of the molecule is COC(=O)c1nncn1C1CC1. The zero-order valence-corrected chi connectivity index (χ0v) is 6.73. The third kappa shape index (κ3) is 1.07. The van der Waals surface area contributed by atoms with Gasteiger partial charge in [0.2, 0.25) is 5.82 Å². The second-order valence-corrected chi connectivity index (χ2v) is 2.78. The Kier molecular flexibility index (Phi) is 1.56. The first-order valence-corrected chi connectivity index (χ1v) is 3.80. The molecule has 0 atom stereocenters. The molecule has 12 heavy (non-hydrogen) atoms. The van der Waals surface area contributed by atoms with Gasteiger partial charge in [0, 0.05) is 6.04 Å². The number of ether oxygens (including phenoxy) is 1. The van der Waals surface area contributed by atoms with E-state index in [9.17, 15) is 4.79 Å². The molecule has 1 aliphatic rings. The van der Waals surface area contributed by atoms with Gasteiger partial charge in [-0.2, -0.15) is 0 Å². The van der Waals surface area contributed by atoms with E-state index in [1.807, 2.05) is 0 Å². The van der Waals surface area contributed by atoms with Crippen molar-refractivity contribution >= 4 is 5.97 Å². The molecule has 0 saturated heterocycles. The molecule has 0 amide bonds. The molecule has 0 bridgehead atoms. The highest BCUT2D eigenvalue weighted by molar-refractivity contribution is 5.85. The number of nitrogens with zero attached hydrogens (tertiary/aromatic N) is 3.